The van der Waals surface area contributed by atoms with Gasteiger partial charge in [-0.2, -0.15) is 0 Å². The van der Waals surface area contributed by atoms with Gasteiger partial charge in [-0.05, 0) is 46.9 Å². The Hall–Kier alpha value is -2.42. The average molecular weight is 279 g/mol. The highest BCUT2D eigenvalue weighted by atomic mass is 16.5. The van der Waals surface area contributed by atoms with Crippen molar-refractivity contribution in [3.8, 4) is 11.5 Å². The number of benzene rings is 2. The molecule has 1 N–H and O–H groups in total. The molecule has 0 saturated heterocycles. The topological polar surface area (TPSA) is 32.7 Å². The molecule has 2 aliphatic rings. The van der Waals surface area contributed by atoms with Gasteiger partial charge < -0.3 is 14.7 Å². The van der Waals surface area contributed by atoms with Crippen molar-refractivity contribution in [2.24, 2.45) is 0 Å². The Labute approximate surface area is 124 Å². The summed E-state index contributed by atoms with van der Waals surface area (Å²) in [6.07, 6.45) is 5.22. The van der Waals surface area contributed by atoms with E-state index in [0.29, 0.717) is 5.75 Å². The minimum atomic E-state index is 0.213. The van der Waals surface area contributed by atoms with Crippen LogP contribution in [0.3, 0.4) is 0 Å². The van der Waals surface area contributed by atoms with Crippen molar-refractivity contribution in [3.05, 3.63) is 64.9 Å². The van der Waals surface area contributed by atoms with Gasteiger partial charge in [-0.1, -0.05) is 24.3 Å². The molecule has 3 nitrogen and oxygen atoms in total. The van der Waals surface area contributed by atoms with Crippen LogP contribution in [0.25, 0.3) is 6.08 Å². The zero-order valence-electron chi connectivity index (χ0n) is 11.9. The Balaban J connectivity index is 1.80. The van der Waals surface area contributed by atoms with Crippen LogP contribution in [0.5, 0.6) is 11.5 Å². The van der Waals surface area contributed by atoms with Crippen molar-refractivity contribution < 1.29 is 9.84 Å². The number of rotatable bonds is 1. The maximum Gasteiger partial charge on any atom is 0.161 e. The van der Waals surface area contributed by atoms with Crippen LogP contribution in [-0.2, 0) is 13.0 Å². The molecule has 0 amide bonds. The average Bonchev–Trinajstić information content (AvgIpc) is 2.52. The molecule has 0 spiro atoms. The van der Waals surface area contributed by atoms with Gasteiger partial charge in [-0.3, -0.25) is 0 Å². The maximum absolute atomic E-state index is 10.1. The summed E-state index contributed by atoms with van der Waals surface area (Å²) in [6.45, 7) is 0.920. The molecule has 2 aromatic rings. The lowest BCUT2D eigenvalue weighted by Gasteiger charge is -2.39. The lowest BCUT2D eigenvalue weighted by molar-refractivity contribution is 0.248. The summed E-state index contributed by atoms with van der Waals surface area (Å²) < 4.78 is 5.21. The molecule has 1 unspecified atom stereocenters. The van der Waals surface area contributed by atoms with Crippen molar-refractivity contribution in [2.75, 3.05) is 7.11 Å². The van der Waals surface area contributed by atoms with Crippen LogP contribution >= 0.6 is 0 Å². The van der Waals surface area contributed by atoms with Gasteiger partial charge >= 0.3 is 0 Å². The molecule has 0 fully saturated rings. The fraction of sp³-hybridized carbons (Fsp3) is 0.222. The lowest BCUT2D eigenvalue weighted by Crippen LogP contribution is -2.32. The van der Waals surface area contributed by atoms with Crippen LogP contribution in [0.4, 0.5) is 0 Å². The number of phenolic OH excluding ortho intramolecular Hbond substituents is 1. The third-order valence-corrected chi connectivity index (χ3v) is 4.47. The minimum absolute atomic E-state index is 0.213. The fourth-order valence-electron chi connectivity index (χ4n) is 3.36. The summed E-state index contributed by atoms with van der Waals surface area (Å²) in [5.74, 6) is 0.744. The Morgan fingerprint density at radius 3 is 2.81 bits per heavy atom. The van der Waals surface area contributed by atoms with Gasteiger partial charge in [0.1, 0.15) is 0 Å². The molecule has 3 heteroatoms. The number of nitrogens with zero attached hydrogens (tertiary/aromatic N) is 1. The van der Waals surface area contributed by atoms with E-state index in [1.165, 1.54) is 16.7 Å². The van der Waals surface area contributed by atoms with Crippen molar-refractivity contribution in [1.29, 1.82) is 0 Å². The Kier molecular flexibility index (Phi) is 2.67. The summed E-state index contributed by atoms with van der Waals surface area (Å²) in [6, 6.07) is 12.6. The van der Waals surface area contributed by atoms with E-state index in [1.54, 1.807) is 7.11 Å². The van der Waals surface area contributed by atoms with Crippen LogP contribution in [0.1, 0.15) is 28.3 Å². The van der Waals surface area contributed by atoms with Gasteiger partial charge in [0.25, 0.3) is 0 Å². The van der Waals surface area contributed by atoms with Crippen molar-refractivity contribution in [2.45, 2.75) is 19.0 Å². The number of phenols is 1. The second kappa shape index (κ2) is 4.55. The Morgan fingerprint density at radius 1 is 1.19 bits per heavy atom. The van der Waals surface area contributed by atoms with E-state index >= 15 is 0 Å². The molecular weight excluding hydrogens is 262 g/mol. The Bertz CT molecular complexity index is 736. The highest BCUT2D eigenvalue weighted by Crippen LogP contribution is 2.42. The van der Waals surface area contributed by atoms with E-state index in [2.05, 4.69) is 41.4 Å². The zero-order valence-corrected chi connectivity index (χ0v) is 11.9. The van der Waals surface area contributed by atoms with Gasteiger partial charge in [0.15, 0.2) is 11.5 Å². The van der Waals surface area contributed by atoms with E-state index < -0.39 is 0 Å². The van der Waals surface area contributed by atoms with Gasteiger partial charge in [0, 0.05) is 12.7 Å². The SMILES string of the molecule is COc1cc2c(cc1O)C1Cc3ccccc3CN1C=C2. The van der Waals surface area contributed by atoms with E-state index in [9.17, 15) is 5.11 Å². The molecular formula is C18H17NO2. The number of fused-ring (bicyclic) bond motifs is 4. The van der Waals surface area contributed by atoms with E-state index in [1.807, 2.05) is 12.1 Å². The van der Waals surface area contributed by atoms with Crippen LogP contribution in [0, 0.1) is 0 Å². The number of hydrogen-bond donors (Lipinski definition) is 1. The third-order valence-electron chi connectivity index (χ3n) is 4.47. The van der Waals surface area contributed by atoms with Crippen LogP contribution in [-0.4, -0.2) is 17.1 Å². The van der Waals surface area contributed by atoms with Gasteiger partial charge in [-0.15, -0.1) is 0 Å². The first kappa shape index (κ1) is 12.3. The first-order valence-electron chi connectivity index (χ1n) is 7.18. The summed E-state index contributed by atoms with van der Waals surface area (Å²) in [5, 5.41) is 10.1. The Morgan fingerprint density at radius 2 is 2.00 bits per heavy atom. The quantitative estimate of drug-likeness (QED) is 0.867. The number of hydrogen-bond acceptors (Lipinski definition) is 3. The normalized spacial score (nSPS) is 18.7. The number of ether oxygens (including phenoxy) is 1. The minimum Gasteiger partial charge on any atom is -0.504 e. The van der Waals surface area contributed by atoms with Crippen molar-refractivity contribution in [3.63, 3.8) is 0 Å². The molecule has 21 heavy (non-hydrogen) atoms. The summed E-state index contributed by atoms with van der Waals surface area (Å²) in [7, 11) is 1.58. The first-order chi connectivity index (χ1) is 10.3. The zero-order chi connectivity index (χ0) is 14.4. The molecule has 0 aliphatic carbocycles. The van der Waals surface area contributed by atoms with Crippen molar-refractivity contribution in [1.82, 2.24) is 4.90 Å². The lowest BCUT2D eigenvalue weighted by atomic mass is 9.86. The van der Waals surface area contributed by atoms with Crippen LogP contribution in [0.2, 0.25) is 0 Å². The molecule has 1 atom stereocenters. The predicted molar refractivity (Wildman–Crippen MR) is 82.1 cm³/mol. The van der Waals surface area contributed by atoms with Crippen LogP contribution in [0.15, 0.2) is 42.6 Å². The molecule has 106 valence electrons. The number of aromatic hydroxyl groups is 1. The van der Waals surface area contributed by atoms with Gasteiger partial charge in [0.2, 0.25) is 0 Å². The largest absolute Gasteiger partial charge is 0.504 e. The summed E-state index contributed by atoms with van der Waals surface area (Å²) >= 11 is 0. The highest BCUT2D eigenvalue weighted by molar-refractivity contribution is 5.63. The van der Waals surface area contributed by atoms with Crippen LogP contribution < -0.4 is 4.74 Å². The second-order valence-corrected chi connectivity index (χ2v) is 5.63. The van der Waals surface area contributed by atoms with E-state index in [0.717, 1.165) is 18.5 Å². The van der Waals surface area contributed by atoms with E-state index in [4.69, 9.17) is 4.74 Å². The fourth-order valence-corrected chi connectivity index (χ4v) is 3.36. The predicted octanol–water partition coefficient (Wildman–Crippen LogP) is 3.48. The van der Waals surface area contributed by atoms with Gasteiger partial charge in [0.05, 0.1) is 13.2 Å². The smallest absolute Gasteiger partial charge is 0.161 e. The molecule has 2 heterocycles. The third kappa shape index (κ3) is 1.88. The second-order valence-electron chi connectivity index (χ2n) is 5.63. The maximum atomic E-state index is 10.1. The molecule has 2 aliphatic heterocycles. The highest BCUT2D eigenvalue weighted by Gasteiger charge is 2.29. The summed E-state index contributed by atoms with van der Waals surface area (Å²) in [5.41, 5.74) is 5.09. The molecule has 0 saturated carbocycles. The molecule has 0 aromatic heterocycles. The number of methoxy groups -OCH3 is 1. The molecule has 0 bridgehead atoms. The molecule has 0 radical (unpaired) electrons. The van der Waals surface area contributed by atoms with Crippen molar-refractivity contribution >= 4 is 6.08 Å². The monoisotopic (exact) mass is 279 g/mol. The standard InChI is InChI=1S/C18H17NO2/c1-21-18-9-13-6-7-19-11-14-5-3-2-4-12(14)8-16(19)15(13)10-17(18)20/h2-7,9-10,16,20H,8,11H2,1H3. The molecule has 4 rings (SSSR count). The first-order valence-corrected chi connectivity index (χ1v) is 7.18. The molecule has 2 aromatic carbocycles. The van der Waals surface area contributed by atoms with E-state index in [-0.39, 0.29) is 11.8 Å². The summed E-state index contributed by atoms with van der Waals surface area (Å²) in [4.78, 5) is 2.34. The van der Waals surface area contributed by atoms with Gasteiger partial charge in [-0.25, -0.2) is 0 Å².